The predicted molar refractivity (Wildman–Crippen MR) is 73.3 cm³/mol. The Bertz CT molecular complexity index is 700. The summed E-state index contributed by atoms with van der Waals surface area (Å²) < 4.78 is 14.9. The summed E-state index contributed by atoms with van der Waals surface area (Å²) in [6, 6.07) is 9.36. The molecular weight excluding hydrogens is 259 g/mol. The molecule has 1 aromatic carbocycles. The average molecular weight is 272 g/mol. The first-order valence-corrected chi connectivity index (χ1v) is 5.93. The highest BCUT2D eigenvalue weighted by atomic mass is 19.1. The normalized spacial score (nSPS) is 10.1. The summed E-state index contributed by atoms with van der Waals surface area (Å²) in [4.78, 5) is 11.9. The summed E-state index contributed by atoms with van der Waals surface area (Å²) in [6.07, 6.45) is 0. The molecule has 0 unspecified atom stereocenters. The summed E-state index contributed by atoms with van der Waals surface area (Å²) in [5, 5.41) is 11.4. The fourth-order valence-electron chi connectivity index (χ4n) is 1.86. The van der Waals surface area contributed by atoms with Crippen LogP contribution in [0.15, 0.2) is 30.3 Å². The van der Waals surface area contributed by atoms with Crippen molar-refractivity contribution >= 4 is 17.3 Å². The Balaban J connectivity index is 2.17. The molecular formula is C14H13FN4O. The van der Waals surface area contributed by atoms with E-state index in [1.807, 2.05) is 6.07 Å². The lowest BCUT2D eigenvalue weighted by molar-refractivity contribution is -0.116. The van der Waals surface area contributed by atoms with Crippen LogP contribution < -0.4 is 11.1 Å². The van der Waals surface area contributed by atoms with Crippen LogP contribution in [0.3, 0.4) is 0 Å². The number of nitrogen functional groups attached to an aromatic ring is 1. The van der Waals surface area contributed by atoms with Crippen LogP contribution in [0.25, 0.3) is 0 Å². The van der Waals surface area contributed by atoms with E-state index in [4.69, 9.17) is 11.0 Å². The third-order valence-electron chi connectivity index (χ3n) is 2.97. The largest absolute Gasteiger partial charge is 0.397 e. The molecule has 0 fully saturated rings. The van der Waals surface area contributed by atoms with Crippen LogP contribution in [-0.4, -0.2) is 10.5 Å². The van der Waals surface area contributed by atoms with E-state index in [-0.39, 0.29) is 12.2 Å². The zero-order valence-electron chi connectivity index (χ0n) is 10.9. The Morgan fingerprint density at radius 2 is 2.20 bits per heavy atom. The SMILES string of the molecule is Cc1c(N)cc(C#N)n1CC(=O)Nc1ccccc1F. The molecule has 0 atom stereocenters. The van der Waals surface area contributed by atoms with Gasteiger partial charge in [0.25, 0.3) is 0 Å². The van der Waals surface area contributed by atoms with Crippen LogP contribution >= 0.6 is 0 Å². The van der Waals surface area contributed by atoms with Crippen molar-refractivity contribution < 1.29 is 9.18 Å². The van der Waals surface area contributed by atoms with Gasteiger partial charge in [0.1, 0.15) is 24.1 Å². The second kappa shape index (κ2) is 5.45. The van der Waals surface area contributed by atoms with Gasteiger partial charge in [-0.2, -0.15) is 5.26 Å². The zero-order valence-corrected chi connectivity index (χ0v) is 10.9. The van der Waals surface area contributed by atoms with Crippen LogP contribution in [0.5, 0.6) is 0 Å². The molecule has 2 rings (SSSR count). The molecule has 20 heavy (non-hydrogen) atoms. The Kier molecular flexibility index (Phi) is 3.71. The molecule has 6 heteroatoms. The second-order valence-corrected chi connectivity index (χ2v) is 4.30. The van der Waals surface area contributed by atoms with E-state index < -0.39 is 11.7 Å². The fourth-order valence-corrected chi connectivity index (χ4v) is 1.86. The maximum absolute atomic E-state index is 13.4. The van der Waals surface area contributed by atoms with E-state index in [1.54, 1.807) is 13.0 Å². The third kappa shape index (κ3) is 2.62. The van der Waals surface area contributed by atoms with Crippen LogP contribution in [0.2, 0.25) is 0 Å². The number of nitrogens with two attached hydrogens (primary N) is 1. The van der Waals surface area contributed by atoms with E-state index in [1.165, 1.54) is 28.8 Å². The van der Waals surface area contributed by atoms with Crippen molar-refractivity contribution in [2.24, 2.45) is 0 Å². The van der Waals surface area contributed by atoms with Gasteiger partial charge in [-0.05, 0) is 25.1 Å². The van der Waals surface area contributed by atoms with Crippen molar-refractivity contribution in [2.45, 2.75) is 13.5 Å². The quantitative estimate of drug-likeness (QED) is 0.896. The highest BCUT2D eigenvalue weighted by Crippen LogP contribution is 2.17. The lowest BCUT2D eigenvalue weighted by Gasteiger charge is -2.09. The number of benzene rings is 1. The Labute approximate surface area is 115 Å². The number of para-hydroxylation sites is 1. The molecule has 0 bridgehead atoms. The van der Waals surface area contributed by atoms with Gasteiger partial charge in [0.05, 0.1) is 11.4 Å². The van der Waals surface area contributed by atoms with E-state index in [0.717, 1.165) is 0 Å². The van der Waals surface area contributed by atoms with Gasteiger partial charge in [-0.3, -0.25) is 4.79 Å². The number of halogens is 1. The molecule has 0 spiro atoms. The number of amides is 1. The van der Waals surface area contributed by atoms with E-state index in [9.17, 15) is 9.18 Å². The van der Waals surface area contributed by atoms with Crippen LogP contribution in [-0.2, 0) is 11.3 Å². The smallest absolute Gasteiger partial charge is 0.244 e. The number of anilines is 2. The molecule has 1 aromatic heterocycles. The number of rotatable bonds is 3. The molecule has 3 N–H and O–H groups in total. The summed E-state index contributed by atoms with van der Waals surface area (Å²) in [6.45, 7) is 1.62. The minimum Gasteiger partial charge on any atom is -0.397 e. The topological polar surface area (TPSA) is 83.8 Å². The molecule has 0 saturated heterocycles. The monoisotopic (exact) mass is 272 g/mol. The number of nitrogens with one attached hydrogen (secondary N) is 1. The van der Waals surface area contributed by atoms with Crippen molar-refractivity contribution in [1.82, 2.24) is 4.57 Å². The van der Waals surface area contributed by atoms with Crippen LogP contribution in [0.4, 0.5) is 15.8 Å². The number of carbonyl (C=O) groups excluding carboxylic acids is 1. The summed E-state index contributed by atoms with van der Waals surface area (Å²) >= 11 is 0. The first-order chi connectivity index (χ1) is 9.52. The van der Waals surface area contributed by atoms with Crippen molar-refractivity contribution in [3.63, 3.8) is 0 Å². The minimum absolute atomic E-state index is 0.0970. The van der Waals surface area contributed by atoms with Gasteiger partial charge in [0.15, 0.2) is 0 Å². The Hall–Kier alpha value is -2.81. The lowest BCUT2D eigenvalue weighted by atomic mass is 10.3. The highest BCUT2D eigenvalue weighted by Gasteiger charge is 2.13. The summed E-state index contributed by atoms with van der Waals surface area (Å²) in [7, 11) is 0. The number of nitrogens with zero attached hydrogens (tertiary/aromatic N) is 2. The maximum atomic E-state index is 13.4. The van der Waals surface area contributed by atoms with Gasteiger partial charge in [0, 0.05) is 5.69 Å². The molecule has 1 amide bonds. The molecule has 2 aromatic rings. The summed E-state index contributed by atoms with van der Waals surface area (Å²) in [5.74, 6) is -0.935. The molecule has 0 saturated carbocycles. The number of hydrogen-bond acceptors (Lipinski definition) is 3. The zero-order chi connectivity index (χ0) is 14.7. The van der Waals surface area contributed by atoms with E-state index >= 15 is 0 Å². The number of nitriles is 1. The first kappa shape index (κ1) is 13.6. The van der Waals surface area contributed by atoms with Gasteiger partial charge in [0.2, 0.25) is 5.91 Å². The Morgan fingerprint density at radius 1 is 1.50 bits per heavy atom. The van der Waals surface area contributed by atoms with Gasteiger partial charge in [-0.1, -0.05) is 12.1 Å². The van der Waals surface area contributed by atoms with E-state index in [0.29, 0.717) is 17.1 Å². The molecule has 0 aliphatic heterocycles. The fraction of sp³-hybridized carbons (Fsp3) is 0.143. The lowest BCUT2D eigenvalue weighted by Crippen LogP contribution is -2.20. The van der Waals surface area contributed by atoms with Crippen molar-refractivity contribution in [1.29, 1.82) is 5.26 Å². The molecule has 0 aliphatic carbocycles. The van der Waals surface area contributed by atoms with Gasteiger partial charge in [-0.25, -0.2) is 4.39 Å². The average Bonchev–Trinajstić information content (AvgIpc) is 2.69. The maximum Gasteiger partial charge on any atom is 0.244 e. The molecule has 0 aliphatic rings. The van der Waals surface area contributed by atoms with Crippen LogP contribution in [0.1, 0.15) is 11.4 Å². The van der Waals surface area contributed by atoms with Gasteiger partial charge < -0.3 is 15.6 Å². The standard InChI is InChI=1S/C14H13FN4O/c1-9-12(17)6-10(7-16)19(9)8-14(20)18-13-5-3-2-4-11(13)15/h2-6H,8,17H2,1H3,(H,18,20). The molecule has 1 heterocycles. The highest BCUT2D eigenvalue weighted by molar-refractivity contribution is 5.90. The number of carbonyl (C=O) groups is 1. The molecule has 0 radical (unpaired) electrons. The van der Waals surface area contributed by atoms with Crippen molar-refractivity contribution in [2.75, 3.05) is 11.1 Å². The summed E-state index contributed by atoms with van der Waals surface area (Å²) in [5.41, 5.74) is 7.18. The minimum atomic E-state index is -0.509. The number of aromatic nitrogens is 1. The van der Waals surface area contributed by atoms with Crippen molar-refractivity contribution in [3.05, 3.63) is 47.5 Å². The molecule has 5 nitrogen and oxygen atoms in total. The van der Waals surface area contributed by atoms with Crippen LogP contribution in [0, 0.1) is 24.1 Å². The first-order valence-electron chi connectivity index (χ1n) is 5.93. The van der Waals surface area contributed by atoms with Gasteiger partial charge >= 0.3 is 0 Å². The van der Waals surface area contributed by atoms with Crippen molar-refractivity contribution in [3.8, 4) is 6.07 Å². The molecule has 102 valence electrons. The second-order valence-electron chi connectivity index (χ2n) is 4.30. The predicted octanol–water partition coefficient (Wildman–Crippen LogP) is 2.03. The van der Waals surface area contributed by atoms with Gasteiger partial charge in [-0.15, -0.1) is 0 Å². The third-order valence-corrected chi connectivity index (χ3v) is 2.97. The van der Waals surface area contributed by atoms with E-state index in [2.05, 4.69) is 5.32 Å². The number of hydrogen-bond donors (Lipinski definition) is 2. The Morgan fingerprint density at radius 3 is 2.85 bits per heavy atom.